The first-order valence-electron chi connectivity index (χ1n) is 9.96. The molecule has 0 aromatic carbocycles. The lowest BCUT2D eigenvalue weighted by atomic mass is 9.38. The van der Waals surface area contributed by atoms with Gasteiger partial charge in [0.15, 0.2) is 5.76 Å². The maximum absolute atomic E-state index is 13.5. The lowest BCUT2D eigenvalue weighted by Crippen LogP contribution is -2.77. The normalized spacial score (nSPS) is 52.9. The molecular weight excluding hydrogens is 364 g/mol. The molecule has 0 spiro atoms. The first-order valence-corrected chi connectivity index (χ1v) is 9.96. The summed E-state index contributed by atoms with van der Waals surface area (Å²) in [7, 11) is 2.92. The Hall–Kier alpha value is -1.44. The third-order valence-corrected chi connectivity index (χ3v) is 8.46. The van der Waals surface area contributed by atoms with Gasteiger partial charge in [-0.1, -0.05) is 13.8 Å². The second-order valence-electron chi connectivity index (χ2n) is 9.50. The van der Waals surface area contributed by atoms with E-state index < -0.39 is 46.6 Å². The van der Waals surface area contributed by atoms with Gasteiger partial charge in [0.25, 0.3) is 0 Å². The molecule has 1 saturated heterocycles. The minimum absolute atomic E-state index is 0.0327. The summed E-state index contributed by atoms with van der Waals surface area (Å²) in [5.41, 5.74) is -3.10. The smallest absolute Gasteiger partial charge is 0.306 e. The predicted octanol–water partition coefficient (Wildman–Crippen LogP) is 1.21. The molecule has 7 heteroatoms. The highest BCUT2D eigenvalue weighted by atomic mass is 16.5. The minimum atomic E-state index is -1.43. The second-order valence-corrected chi connectivity index (χ2v) is 9.50. The molecule has 0 amide bonds. The summed E-state index contributed by atoms with van der Waals surface area (Å²) >= 11 is 0. The number of hydrogen-bond acceptors (Lipinski definition) is 7. The molecule has 2 N–H and O–H groups in total. The molecule has 9 atom stereocenters. The van der Waals surface area contributed by atoms with Crippen molar-refractivity contribution < 1.29 is 34.0 Å². The number of fused-ring (bicyclic) bond motifs is 2. The van der Waals surface area contributed by atoms with Crippen LogP contribution in [0.3, 0.4) is 0 Å². The van der Waals surface area contributed by atoms with Gasteiger partial charge in [-0.15, -0.1) is 0 Å². The fourth-order valence-electron chi connectivity index (χ4n) is 7.17. The molecule has 1 heterocycles. The van der Waals surface area contributed by atoms with E-state index in [1.807, 2.05) is 13.8 Å². The van der Waals surface area contributed by atoms with Crippen LogP contribution in [0.2, 0.25) is 0 Å². The Morgan fingerprint density at radius 2 is 1.89 bits per heavy atom. The number of allylic oxidation sites excluding steroid dienone is 2. The average molecular weight is 394 g/mol. The summed E-state index contributed by atoms with van der Waals surface area (Å²) in [6.07, 6.45) is 0.481. The van der Waals surface area contributed by atoms with Gasteiger partial charge in [-0.05, 0) is 31.8 Å². The monoisotopic (exact) mass is 394 g/mol. The zero-order valence-corrected chi connectivity index (χ0v) is 17.1. The predicted molar refractivity (Wildman–Crippen MR) is 97.9 cm³/mol. The molecule has 156 valence electrons. The van der Waals surface area contributed by atoms with Crippen molar-refractivity contribution in [3.05, 3.63) is 11.8 Å². The first kappa shape index (κ1) is 19.9. The number of methoxy groups -OCH3 is 2. The van der Waals surface area contributed by atoms with Crippen LogP contribution in [0.1, 0.15) is 40.0 Å². The Kier molecular flexibility index (Phi) is 4.28. The molecule has 0 radical (unpaired) electrons. The van der Waals surface area contributed by atoms with E-state index in [0.29, 0.717) is 18.6 Å². The summed E-state index contributed by atoms with van der Waals surface area (Å²) in [5, 5.41) is 22.8. The van der Waals surface area contributed by atoms with E-state index in [0.717, 1.165) is 0 Å². The number of Topliss-reactive ketones (excluding diaryl/α,β-unsaturated/α-hetero) is 1. The van der Waals surface area contributed by atoms with Gasteiger partial charge in [0.1, 0.15) is 12.2 Å². The molecule has 0 bridgehead atoms. The van der Waals surface area contributed by atoms with Crippen molar-refractivity contribution in [2.24, 2.45) is 28.6 Å². The van der Waals surface area contributed by atoms with Crippen LogP contribution in [0.4, 0.5) is 0 Å². The van der Waals surface area contributed by atoms with Gasteiger partial charge < -0.3 is 24.4 Å². The number of carbonyl (C=O) groups excluding carboxylic acids is 2. The number of esters is 1. The third kappa shape index (κ3) is 2.15. The molecule has 1 aliphatic heterocycles. The van der Waals surface area contributed by atoms with Gasteiger partial charge in [-0.2, -0.15) is 0 Å². The quantitative estimate of drug-likeness (QED) is 0.679. The first-order chi connectivity index (χ1) is 13.0. The van der Waals surface area contributed by atoms with Gasteiger partial charge in [0.2, 0.25) is 5.78 Å². The number of aliphatic hydroxyl groups excluding tert-OH is 1. The second kappa shape index (κ2) is 6.03. The number of ether oxygens (including phenoxy) is 3. The fraction of sp³-hybridized carbons (Fsp3) is 0.810. The van der Waals surface area contributed by atoms with Crippen LogP contribution in [0.5, 0.6) is 0 Å². The zero-order chi connectivity index (χ0) is 20.6. The van der Waals surface area contributed by atoms with Crippen LogP contribution in [0.15, 0.2) is 11.8 Å². The summed E-state index contributed by atoms with van der Waals surface area (Å²) in [5.74, 6) is -1.31. The van der Waals surface area contributed by atoms with Crippen LogP contribution >= 0.6 is 0 Å². The van der Waals surface area contributed by atoms with Crippen LogP contribution in [0, 0.1) is 28.6 Å². The lowest BCUT2D eigenvalue weighted by molar-refractivity contribution is -0.314. The van der Waals surface area contributed by atoms with Crippen molar-refractivity contribution >= 4 is 11.8 Å². The highest BCUT2D eigenvalue weighted by molar-refractivity contribution is 5.99. The van der Waals surface area contributed by atoms with Crippen molar-refractivity contribution in [2.75, 3.05) is 14.2 Å². The molecule has 3 fully saturated rings. The number of rotatable bonds is 2. The Morgan fingerprint density at radius 3 is 2.50 bits per heavy atom. The van der Waals surface area contributed by atoms with Crippen LogP contribution in [0.25, 0.3) is 0 Å². The van der Waals surface area contributed by atoms with Gasteiger partial charge in [0, 0.05) is 29.8 Å². The standard InChI is InChI=1S/C21H30O7/c1-19-10(6-7-11(26-4)17(19)24)8-13-20(2)12(9-14(22)28-13)21(3,25)18(27-5)15(23)16(19)20/h7,10,12-13,15-16,18,23,25H,6,8-9H2,1-5H3. The van der Waals surface area contributed by atoms with Gasteiger partial charge in [0.05, 0.1) is 25.2 Å². The van der Waals surface area contributed by atoms with Crippen molar-refractivity contribution in [1.29, 1.82) is 0 Å². The van der Waals surface area contributed by atoms with E-state index in [1.165, 1.54) is 14.2 Å². The van der Waals surface area contributed by atoms with E-state index >= 15 is 0 Å². The summed E-state index contributed by atoms with van der Waals surface area (Å²) in [6.45, 7) is 5.45. The van der Waals surface area contributed by atoms with Crippen molar-refractivity contribution in [1.82, 2.24) is 0 Å². The van der Waals surface area contributed by atoms with Gasteiger partial charge >= 0.3 is 5.97 Å². The molecule has 0 aromatic rings. The van der Waals surface area contributed by atoms with Crippen molar-refractivity contribution in [3.63, 3.8) is 0 Å². The Morgan fingerprint density at radius 1 is 1.21 bits per heavy atom. The summed E-state index contributed by atoms with van der Waals surface area (Å²) < 4.78 is 16.6. The number of hydrogen-bond donors (Lipinski definition) is 2. The Bertz CT molecular complexity index is 743. The van der Waals surface area contributed by atoms with Crippen LogP contribution < -0.4 is 0 Å². The number of ketones is 1. The summed E-state index contributed by atoms with van der Waals surface area (Å²) in [6, 6.07) is 0. The topological polar surface area (TPSA) is 102 Å². The van der Waals surface area contributed by atoms with Crippen LogP contribution in [-0.2, 0) is 23.8 Å². The largest absolute Gasteiger partial charge is 0.493 e. The molecule has 9 unspecified atom stereocenters. The number of carbonyl (C=O) groups is 2. The molecule has 2 saturated carbocycles. The van der Waals surface area contributed by atoms with E-state index in [1.54, 1.807) is 13.0 Å². The molecule has 4 rings (SSSR count). The van der Waals surface area contributed by atoms with Crippen LogP contribution in [-0.4, -0.2) is 60.1 Å². The van der Waals surface area contributed by atoms with Gasteiger partial charge in [-0.3, -0.25) is 9.59 Å². The molecule has 0 aromatic heterocycles. The maximum Gasteiger partial charge on any atom is 0.306 e. The van der Waals surface area contributed by atoms with Crippen molar-refractivity contribution in [2.45, 2.75) is 63.9 Å². The molecule has 3 aliphatic carbocycles. The highest BCUT2D eigenvalue weighted by Gasteiger charge is 2.75. The molecule has 7 nitrogen and oxygen atoms in total. The highest BCUT2D eigenvalue weighted by Crippen LogP contribution is 2.68. The van der Waals surface area contributed by atoms with E-state index in [-0.39, 0.29) is 24.1 Å². The molecular formula is C21H30O7. The molecule has 28 heavy (non-hydrogen) atoms. The third-order valence-electron chi connectivity index (χ3n) is 8.46. The van der Waals surface area contributed by atoms with E-state index in [4.69, 9.17) is 14.2 Å². The fourth-order valence-corrected chi connectivity index (χ4v) is 7.17. The number of aliphatic hydroxyl groups is 2. The Balaban J connectivity index is 1.93. The zero-order valence-electron chi connectivity index (χ0n) is 17.1. The average Bonchev–Trinajstić information content (AvgIpc) is 2.61. The summed E-state index contributed by atoms with van der Waals surface area (Å²) in [4.78, 5) is 25.9. The SMILES string of the molecule is COC1=CCC2CC3OC(=O)CC4C(C)(O)C(OC)C(O)C(C2(C)C1=O)C34C. The maximum atomic E-state index is 13.5. The van der Waals surface area contributed by atoms with E-state index in [2.05, 4.69) is 0 Å². The van der Waals surface area contributed by atoms with E-state index in [9.17, 15) is 19.8 Å². The molecule has 4 aliphatic rings. The van der Waals surface area contributed by atoms with Gasteiger partial charge in [-0.25, -0.2) is 0 Å². The minimum Gasteiger partial charge on any atom is -0.493 e. The van der Waals surface area contributed by atoms with Crippen molar-refractivity contribution in [3.8, 4) is 0 Å². The Labute approximate surface area is 165 Å². The lowest BCUT2D eigenvalue weighted by Gasteiger charge is -2.69.